The number of carbonyl (C=O) groups is 1. The smallest absolute Gasteiger partial charge is 0.395 e. The standard InChI is InChI=1S/C27H21F6N3O6S/c1-2-43(39,40)16-7-8-17(18(28)11-16)20(13-37)34-24(38)14-6-9-21-19(10-14)35-25(26(29,30)31)36(21)12-15-4-3-5-22-23(15)42-27(32,33)41-22/h3-11,20,37H,2,12-13H2,1H3,(H,34,38). The predicted molar refractivity (Wildman–Crippen MR) is 138 cm³/mol. The minimum Gasteiger partial charge on any atom is -0.395 e. The average molecular weight is 630 g/mol. The number of aliphatic hydroxyl groups excluding tert-OH is 1. The Bertz CT molecular complexity index is 1840. The van der Waals surface area contributed by atoms with Crippen molar-refractivity contribution in [1.29, 1.82) is 0 Å². The number of amides is 1. The van der Waals surface area contributed by atoms with Crippen LogP contribution in [-0.4, -0.2) is 47.6 Å². The summed E-state index contributed by atoms with van der Waals surface area (Å²) >= 11 is 0. The fourth-order valence-electron chi connectivity index (χ4n) is 4.58. The van der Waals surface area contributed by atoms with E-state index in [4.69, 9.17) is 0 Å². The highest BCUT2D eigenvalue weighted by Crippen LogP contribution is 2.44. The van der Waals surface area contributed by atoms with Gasteiger partial charge in [-0.1, -0.05) is 25.1 Å². The number of hydrogen-bond acceptors (Lipinski definition) is 7. The van der Waals surface area contributed by atoms with Gasteiger partial charge in [0.2, 0.25) is 5.82 Å². The molecule has 0 saturated carbocycles. The quantitative estimate of drug-likeness (QED) is 0.268. The molecule has 0 spiro atoms. The Morgan fingerprint density at radius 3 is 2.51 bits per heavy atom. The van der Waals surface area contributed by atoms with Gasteiger partial charge in [-0.15, -0.1) is 8.78 Å². The molecule has 228 valence electrons. The zero-order valence-electron chi connectivity index (χ0n) is 22.0. The first-order valence-corrected chi connectivity index (χ1v) is 14.2. The molecule has 4 aromatic rings. The van der Waals surface area contributed by atoms with Crippen molar-refractivity contribution >= 4 is 26.8 Å². The number of fused-ring (bicyclic) bond motifs is 2. The van der Waals surface area contributed by atoms with Gasteiger partial charge in [-0.25, -0.2) is 17.8 Å². The van der Waals surface area contributed by atoms with E-state index in [-0.39, 0.29) is 44.1 Å². The van der Waals surface area contributed by atoms with E-state index in [0.29, 0.717) is 0 Å². The number of para-hydroxylation sites is 1. The van der Waals surface area contributed by atoms with Crippen LogP contribution in [0.4, 0.5) is 26.3 Å². The Hall–Kier alpha value is -4.31. The third-order valence-corrected chi connectivity index (χ3v) is 8.41. The topological polar surface area (TPSA) is 120 Å². The molecule has 0 fully saturated rings. The highest BCUT2D eigenvalue weighted by molar-refractivity contribution is 7.91. The summed E-state index contributed by atoms with van der Waals surface area (Å²) in [6, 6.07) is 8.82. The Balaban J connectivity index is 1.46. The van der Waals surface area contributed by atoms with E-state index in [2.05, 4.69) is 19.8 Å². The summed E-state index contributed by atoms with van der Waals surface area (Å²) in [7, 11) is -3.72. The lowest BCUT2D eigenvalue weighted by molar-refractivity contribution is -0.287. The first kappa shape index (κ1) is 30.2. The summed E-state index contributed by atoms with van der Waals surface area (Å²) in [6.45, 7) is 0.00649. The lowest BCUT2D eigenvalue weighted by Crippen LogP contribution is -2.31. The van der Waals surface area contributed by atoms with E-state index in [1.54, 1.807) is 0 Å². The fourth-order valence-corrected chi connectivity index (χ4v) is 5.47. The minimum atomic E-state index is -4.97. The van der Waals surface area contributed by atoms with Gasteiger partial charge in [-0.3, -0.25) is 4.79 Å². The first-order valence-electron chi connectivity index (χ1n) is 12.5. The summed E-state index contributed by atoms with van der Waals surface area (Å²) in [5.41, 5.74) is -0.818. The lowest BCUT2D eigenvalue weighted by atomic mass is 10.1. The van der Waals surface area contributed by atoms with Crippen LogP contribution in [0.2, 0.25) is 0 Å². The number of nitrogens with one attached hydrogen (secondary N) is 1. The van der Waals surface area contributed by atoms with E-state index in [0.717, 1.165) is 28.8 Å². The maximum atomic E-state index is 14.8. The molecule has 0 saturated heterocycles. The number of sulfone groups is 1. The molecule has 9 nitrogen and oxygen atoms in total. The molecule has 16 heteroatoms. The van der Waals surface area contributed by atoms with Gasteiger partial charge >= 0.3 is 12.5 Å². The van der Waals surface area contributed by atoms with Gasteiger partial charge in [0.25, 0.3) is 5.91 Å². The third-order valence-electron chi connectivity index (χ3n) is 6.68. The van der Waals surface area contributed by atoms with Crippen molar-refractivity contribution < 1.29 is 54.1 Å². The monoisotopic (exact) mass is 629 g/mol. The number of benzene rings is 3. The Labute approximate surface area is 239 Å². The van der Waals surface area contributed by atoms with Gasteiger partial charge in [0.15, 0.2) is 21.3 Å². The van der Waals surface area contributed by atoms with Crippen molar-refractivity contribution in [3.05, 3.63) is 82.9 Å². The molecule has 1 aliphatic heterocycles. The molecule has 1 atom stereocenters. The van der Waals surface area contributed by atoms with Gasteiger partial charge < -0.3 is 24.5 Å². The van der Waals surface area contributed by atoms with Crippen molar-refractivity contribution in [2.24, 2.45) is 0 Å². The molecular weight excluding hydrogens is 608 g/mol. The third kappa shape index (κ3) is 5.84. The van der Waals surface area contributed by atoms with Crippen LogP contribution < -0.4 is 14.8 Å². The van der Waals surface area contributed by atoms with Crippen LogP contribution in [0.5, 0.6) is 11.5 Å². The van der Waals surface area contributed by atoms with Crippen molar-refractivity contribution in [1.82, 2.24) is 14.9 Å². The van der Waals surface area contributed by atoms with Crippen LogP contribution in [0, 0.1) is 5.82 Å². The number of nitrogens with zero attached hydrogens (tertiary/aromatic N) is 2. The minimum absolute atomic E-state index is 0.0492. The molecule has 1 unspecified atom stereocenters. The molecule has 43 heavy (non-hydrogen) atoms. The van der Waals surface area contributed by atoms with Crippen LogP contribution in [0.25, 0.3) is 11.0 Å². The molecule has 0 bridgehead atoms. The van der Waals surface area contributed by atoms with Crippen molar-refractivity contribution in [2.45, 2.75) is 36.9 Å². The van der Waals surface area contributed by atoms with Crippen LogP contribution in [0.3, 0.4) is 0 Å². The lowest BCUT2D eigenvalue weighted by Gasteiger charge is -2.18. The maximum absolute atomic E-state index is 14.8. The van der Waals surface area contributed by atoms with Crippen LogP contribution in [0.15, 0.2) is 59.5 Å². The molecule has 0 radical (unpaired) electrons. The number of carbonyl (C=O) groups excluding carboxylic acids is 1. The van der Waals surface area contributed by atoms with Crippen LogP contribution in [0.1, 0.15) is 40.3 Å². The second-order valence-corrected chi connectivity index (χ2v) is 11.7. The zero-order chi connectivity index (χ0) is 31.3. The average Bonchev–Trinajstić information content (AvgIpc) is 3.47. The summed E-state index contributed by atoms with van der Waals surface area (Å²) in [5.74, 6) is -4.33. The molecule has 2 heterocycles. The maximum Gasteiger partial charge on any atom is 0.586 e. The largest absolute Gasteiger partial charge is 0.586 e. The van der Waals surface area contributed by atoms with E-state index in [9.17, 15) is 44.7 Å². The van der Waals surface area contributed by atoms with E-state index in [1.807, 2.05) is 0 Å². The molecule has 0 aliphatic carbocycles. The Morgan fingerprint density at radius 2 is 1.86 bits per heavy atom. The van der Waals surface area contributed by atoms with Gasteiger partial charge in [0.1, 0.15) is 5.82 Å². The number of rotatable bonds is 8. The first-order chi connectivity index (χ1) is 20.1. The molecular formula is C27H21F6N3O6S. The Kier molecular flexibility index (Phi) is 7.54. The van der Waals surface area contributed by atoms with Gasteiger partial charge in [0.05, 0.1) is 40.9 Å². The summed E-state index contributed by atoms with van der Waals surface area (Å²) in [4.78, 5) is 16.3. The van der Waals surface area contributed by atoms with Crippen LogP contribution in [-0.2, 0) is 22.6 Å². The number of aliphatic hydroxyl groups is 1. The number of ether oxygens (including phenoxy) is 2. The number of hydrogen-bond donors (Lipinski definition) is 2. The summed E-state index contributed by atoms with van der Waals surface area (Å²) in [5, 5.41) is 12.2. The van der Waals surface area contributed by atoms with Gasteiger partial charge in [-0.2, -0.15) is 13.2 Å². The number of aromatic nitrogens is 2. The zero-order valence-corrected chi connectivity index (χ0v) is 22.8. The van der Waals surface area contributed by atoms with E-state index >= 15 is 0 Å². The molecule has 1 amide bonds. The van der Waals surface area contributed by atoms with Crippen molar-refractivity contribution in [3.63, 3.8) is 0 Å². The summed E-state index contributed by atoms with van der Waals surface area (Å²) in [6.07, 6.45) is -8.97. The Morgan fingerprint density at radius 1 is 1.12 bits per heavy atom. The summed E-state index contributed by atoms with van der Waals surface area (Å²) < 4.78 is 118. The molecule has 3 aromatic carbocycles. The van der Waals surface area contributed by atoms with Crippen molar-refractivity contribution in [2.75, 3.05) is 12.4 Å². The molecule has 2 N–H and O–H groups in total. The number of alkyl halides is 5. The second kappa shape index (κ2) is 10.8. The number of imidazole rings is 1. The molecule has 5 rings (SSSR count). The number of halogens is 6. The molecule has 1 aromatic heterocycles. The van der Waals surface area contributed by atoms with Gasteiger partial charge in [0, 0.05) is 16.7 Å². The van der Waals surface area contributed by atoms with Gasteiger partial charge in [-0.05, 0) is 36.4 Å². The van der Waals surface area contributed by atoms with E-state index < -0.39 is 64.8 Å². The molecule has 1 aliphatic rings. The predicted octanol–water partition coefficient (Wildman–Crippen LogP) is 4.82. The van der Waals surface area contributed by atoms with Crippen LogP contribution >= 0.6 is 0 Å². The SMILES string of the molecule is CCS(=O)(=O)c1ccc(C(CO)NC(=O)c2ccc3c(c2)nc(C(F)(F)F)n3Cc2cccc3c2OC(F)(F)O3)c(F)c1. The highest BCUT2D eigenvalue weighted by atomic mass is 32.2. The highest BCUT2D eigenvalue weighted by Gasteiger charge is 2.45. The van der Waals surface area contributed by atoms with Crippen molar-refractivity contribution in [3.8, 4) is 11.5 Å². The second-order valence-electron chi connectivity index (χ2n) is 9.43. The normalized spacial score (nSPS) is 15.1. The van der Waals surface area contributed by atoms with E-state index in [1.165, 1.54) is 37.3 Å². The fraction of sp³-hybridized carbons (Fsp3) is 0.259.